The highest BCUT2D eigenvalue weighted by Gasteiger charge is 2.16. The van der Waals surface area contributed by atoms with Crippen molar-refractivity contribution in [3.8, 4) is 11.3 Å². The molecule has 184 valence electrons. The molecule has 0 bridgehead atoms. The van der Waals surface area contributed by atoms with E-state index in [2.05, 4.69) is 50.9 Å². The summed E-state index contributed by atoms with van der Waals surface area (Å²) >= 11 is 0. The van der Waals surface area contributed by atoms with Crippen molar-refractivity contribution in [3.63, 3.8) is 0 Å². The molecular formula is C27H29N7O2. The van der Waals surface area contributed by atoms with Gasteiger partial charge in [0.15, 0.2) is 5.78 Å². The first-order valence-electron chi connectivity index (χ1n) is 12.0. The Labute approximate surface area is 210 Å². The van der Waals surface area contributed by atoms with Gasteiger partial charge in [-0.25, -0.2) is 19.9 Å². The van der Waals surface area contributed by atoms with E-state index in [9.17, 15) is 4.79 Å². The average Bonchev–Trinajstić information content (AvgIpc) is 2.88. The number of carbonyl (C=O) groups is 1. The number of fused-ring (bicyclic) bond motifs is 1. The van der Waals surface area contributed by atoms with Crippen LogP contribution in [0.15, 0.2) is 55.1 Å². The van der Waals surface area contributed by atoms with Crippen molar-refractivity contribution >= 4 is 28.3 Å². The van der Waals surface area contributed by atoms with Gasteiger partial charge in [0.05, 0.1) is 43.2 Å². The fraction of sp³-hybridized carbons (Fsp3) is 0.333. The van der Waals surface area contributed by atoms with Gasteiger partial charge in [0.1, 0.15) is 17.5 Å². The Kier molecular flexibility index (Phi) is 6.56. The van der Waals surface area contributed by atoms with Crippen LogP contribution >= 0.6 is 0 Å². The van der Waals surface area contributed by atoms with Crippen molar-refractivity contribution in [2.45, 2.75) is 32.7 Å². The molecule has 9 heteroatoms. The second kappa shape index (κ2) is 9.94. The number of nitrogens with zero attached hydrogens (tertiary/aromatic N) is 6. The Hall–Kier alpha value is -3.98. The van der Waals surface area contributed by atoms with Gasteiger partial charge in [0, 0.05) is 47.5 Å². The first-order chi connectivity index (χ1) is 17.3. The fourth-order valence-electron chi connectivity index (χ4n) is 4.06. The predicted molar refractivity (Wildman–Crippen MR) is 139 cm³/mol. The maximum Gasteiger partial charge on any atom is 0.170 e. The zero-order valence-electron chi connectivity index (χ0n) is 20.7. The van der Waals surface area contributed by atoms with E-state index < -0.39 is 0 Å². The summed E-state index contributed by atoms with van der Waals surface area (Å²) in [4.78, 5) is 37.8. The van der Waals surface area contributed by atoms with Crippen molar-refractivity contribution in [2.75, 3.05) is 36.5 Å². The van der Waals surface area contributed by atoms with Crippen LogP contribution in [-0.2, 0) is 11.2 Å². The van der Waals surface area contributed by atoms with Crippen LogP contribution < -0.4 is 10.2 Å². The van der Waals surface area contributed by atoms with E-state index in [4.69, 9.17) is 9.72 Å². The minimum Gasteiger partial charge on any atom is -0.378 e. The summed E-state index contributed by atoms with van der Waals surface area (Å²) in [5.41, 5.74) is 2.87. The van der Waals surface area contributed by atoms with Gasteiger partial charge in [-0.1, -0.05) is 12.1 Å². The van der Waals surface area contributed by atoms with Gasteiger partial charge in [-0.05, 0) is 39.0 Å². The lowest BCUT2D eigenvalue weighted by Gasteiger charge is -2.27. The molecule has 1 aliphatic rings. The molecule has 1 fully saturated rings. The number of ketones is 1. The van der Waals surface area contributed by atoms with Crippen LogP contribution in [0.4, 0.5) is 11.6 Å². The number of benzene rings is 1. The van der Waals surface area contributed by atoms with E-state index >= 15 is 0 Å². The molecule has 4 aromatic rings. The van der Waals surface area contributed by atoms with E-state index in [1.165, 1.54) is 0 Å². The molecule has 1 aliphatic heterocycles. The number of morpholine rings is 1. The van der Waals surface area contributed by atoms with Gasteiger partial charge >= 0.3 is 0 Å². The summed E-state index contributed by atoms with van der Waals surface area (Å²) in [5.74, 6) is 1.93. The molecule has 0 spiro atoms. The van der Waals surface area contributed by atoms with E-state index in [0.717, 1.165) is 41.1 Å². The Morgan fingerprint density at radius 2 is 1.86 bits per heavy atom. The summed E-state index contributed by atoms with van der Waals surface area (Å²) in [6, 6.07) is 9.47. The van der Waals surface area contributed by atoms with Crippen molar-refractivity contribution in [1.82, 2.24) is 24.9 Å². The third-order valence-electron chi connectivity index (χ3n) is 5.79. The summed E-state index contributed by atoms with van der Waals surface area (Å²) in [7, 11) is 0. The van der Waals surface area contributed by atoms with Crippen LogP contribution in [0.5, 0.6) is 0 Å². The molecule has 3 aromatic heterocycles. The fourth-order valence-corrected chi connectivity index (χ4v) is 4.06. The number of hydrogen-bond donors (Lipinski definition) is 1. The topological polar surface area (TPSA) is 106 Å². The predicted octanol–water partition coefficient (Wildman–Crippen LogP) is 3.95. The molecule has 9 nitrogen and oxygen atoms in total. The standard InChI is InChI=1S/C27H29N7O2/c1-27(2,3)33-25-17-28-16-22(32-25)18-4-5-20-15-30-24(31-21(20)12-18)14-23(35)19-6-7-29-26(13-19)34-8-10-36-11-9-34/h4-7,12-13,15-17H,8-11,14H2,1-3H3,(H,32,33). The van der Waals surface area contributed by atoms with Gasteiger partial charge in [0.2, 0.25) is 0 Å². The minimum atomic E-state index is -0.122. The molecule has 5 rings (SSSR count). The number of anilines is 2. The first-order valence-corrected chi connectivity index (χ1v) is 12.0. The smallest absolute Gasteiger partial charge is 0.170 e. The Balaban J connectivity index is 1.36. The number of Topliss-reactive ketones (excluding diaryl/α,β-unsaturated/α-hetero) is 1. The Morgan fingerprint density at radius 3 is 2.67 bits per heavy atom. The number of aromatic nitrogens is 5. The number of hydrogen-bond acceptors (Lipinski definition) is 9. The van der Waals surface area contributed by atoms with Gasteiger partial charge in [-0.3, -0.25) is 9.78 Å². The molecule has 1 saturated heterocycles. The molecule has 0 amide bonds. The highest BCUT2D eigenvalue weighted by molar-refractivity contribution is 5.98. The van der Waals surface area contributed by atoms with Crippen molar-refractivity contribution in [1.29, 1.82) is 0 Å². The van der Waals surface area contributed by atoms with E-state index in [1.807, 2.05) is 24.3 Å². The zero-order chi connectivity index (χ0) is 25.1. The molecule has 0 aliphatic carbocycles. The van der Waals surface area contributed by atoms with Crippen LogP contribution in [-0.4, -0.2) is 62.5 Å². The second-order valence-electron chi connectivity index (χ2n) is 9.83. The normalized spacial score (nSPS) is 14.1. The first kappa shape index (κ1) is 23.7. The van der Waals surface area contributed by atoms with Crippen molar-refractivity contribution in [2.24, 2.45) is 0 Å². The summed E-state index contributed by atoms with van der Waals surface area (Å²) in [5, 5.41) is 4.24. The van der Waals surface area contributed by atoms with Gasteiger partial charge in [0.25, 0.3) is 0 Å². The molecule has 0 unspecified atom stereocenters. The number of nitrogens with one attached hydrogen (secondary N) is 1. The van der Waals surface area contributed by atoms with Gasteiger partial charge in [-0.15, -0.1) is 0 Å². The van der Waals surface area contributed by atoms with Crippen LogP contribution in [0.2, 0.25) is 0 Å². The van der Waals surface area contributed by atoms with Crippen molar-refractivity contribution < 1.29 is 9.53 Å². The van der Waals surface area contributed by atoms with E-state index in [1.54, 1.807) is 30.9 Å². The highest BCUT2D eigenvalue weighted by Crippen LogP contribution is 2.23. The molecule has 0 radical (unpaired) electrons. The zero-order valence-corrected chi connectivity index (χ0v) is 20.7. The van der Waals surface area contributed by atoms with Crippen LogP contribution in [0.25, 0.3) is 22.2 Å². The molecule has 1 N–H and O–H groups in total. The lowest BCUT2D eigenvalue weighted by Crippen LogP contribution is -2.36. The molecule has 1 aromatic carbocycles. The largest absolute Gasteiger partial charge is 0.378 e. The third kappa shape index (κ3) is 5.63. The number of carbonyl (C=O) groups excluding carboxylic acids is 1. The summed E-state index contributed by atoms with van der Waals surface area (Å²) in [6.07, 6.45) is 6.98. The minimum absolute atomic E-state index is 0.0470. The van der Waals surface area contributed by atoms with E-state index in [-0.39, 0.29) is 17.7 Å². The van der Waals surface area contributed by atoms with Crippen LogP contribution in [0.3, 0.4) is 0 Å². The second-order valence-corrected chi connectivity index (χ2v) is 9.83. The summed E-state index contributed by atoms with van der Waals surface area (Å²) in [6.45, 7) is 9.08. The number of pyridine rings is 1. The van der Waals surface area contributed by atoms with Crippen LogP contribution in [0, 0.1) is 0 Å². The van der Waals surface area contributed by atoms with Crippen molar-refractivity contribution in [3.05, 3.63) is 66.5 Å². The van der Waals surface area contributed by atoms with Gasteiger partial charge in [-0.2, -0.15) is 0 Å². The van der Waals surface area contributed by atoms with Crippen LogP contribution in [0.1, 0.15) is 37.0 Å². The molecule has 4 heterocycles. The molecule has 0 saturated carbocycles. The lowest BCUT2D eigenvalue weighted by atomic mass is 10.1. The number of ether oxygens (including phenoxy) is 1. The molecule has 0 atom stereocenters. The molecular weight excluding hydrogens is 454 g/mol. The highest BCUT2D eigenvalue weighted by atomic mass is 16.5. The lowest BCUT2D eigenvalue weighted by molar-refractivity contribution is 0.0990. The summed E-state index contributed by atoms with van der Waals surface area (Å²) < 4.78 is 5.41. The monoisotopic (exact) mass is 483 g/mol. The maximum absolute atomic E-state index is 13.0. The SMILES string of the molecule is CC(C)(C)Nc1cncc(-c2ccc3cnc(CC(=O)c4ccnc(N5CCOCC5)c4)nc3c2)n1. The molecule has 36 heavy (non-hydrogen) atoms. The average molecular weight is 484 g/mol. The Bertz CT molecular complexity index is 1390. The van der Waals surface area contributed by atoms with E-state index in [0.29, 0.717) is 30.4 Å². The Morgan fingerprint density at radius 1 is 1.03 bits per heavy atom. The maximum atomic E-state index is 13.0. The third-order valence-corrected chi connectivity index (χ3v) is 5.79. The quantitative estimate of drug-likeness (QED) is 0.408. The van der Waals surface area contributed by atoms with Gasteiger partial charge < -0.3 is 15.0 Å². The number of rotatable bonds is 6.